The summed E-state index contributed by atoms with van der Waals surface area (Å²) < 4.78 is 6.91. The van der Waals surface area contributed by atoms with Crippen molar-refractivity contribution in [3.8, 4) is 0 Å². The number of rotatable bonds is 6. The largest absolute Gasteiger partial charge is 0.465 e. The number of halogens is 1. The van der Waals surface area contributed by atoms with Gasteiger partial charge in [-0.1, -0.05) is 18.0 Å². The molecule has 9 heteroatoms. The molecule has 0 radical (unpaired) electrons. The van der Waals surface area contributed by atoms with E-state index >= 15 is 0 Å². The minimum absolute atomic E-state index is 0.296. The average molecular weight is 441 g/mol. The summed E-state index contributed by atoms with van der Waals surface area (Å²) in [6.07, 6.45) is 7.91. The van der Waals surface area contributed by atoms with Crippen LogP contribution in [0.25, 0.3) is 0 Å². The van der Waals surface area contributed by atoms with E-state index in [0.717, 1.165) is 54.9 Å². The average Bonchev–Trinajstić information content (AvgIpc) is 3.08. The zero-order valence-corrected chi connectivity index (χ0v) is 18.5. The van der Waals surface area contributed by atoms with Gasteiger partial charge in [0, 0.05) is 18.0 Å². The van der Waals surface area contributed by atoms with E-state index in [4.69, 9.17) is 28.6 Å². The molecule has 2 N–H and O–H groups in total. The summed E-state index contributed by atoms with van der Waals surface area (Å²) in [6.45, 7) is 3.40. The minimum Gasteiger partial charge on any atom is -0.465 e. The third-order valence-corrected chi connectivity index (χ3v) is 6.74. The van der Waals surface area contributed by atoms with Crippen molar-refractivity contribution in [1.29, 1.82) is 0 Å². The molecule has 2 aromatic rings. The van der Waals surface area contributed by atoms with Crippen LogP contribution in [0.4, 0.5) is 5.00 Å². The zero-order valence-electron chi connectivity index (χ0n) is 16.1. The molecule has 0 fully saturated rings. The van der Waals surface area contributed by atoms with Crippen LogP contribution in [0.5, 0.6) is 0 Å². The van der Waals surface area contributed by atoms with Gasteiger partial charge in [-0.2, -0.15) is 5.10 Å². The van der Waals surface area contributed by atoms with Crippen LogP contribution in [0.2, 0.25) is 5.02 Å². The summed E-state index contributed by atoms with van der Waals surface area (Å²) in [5.41, 5.74) is 2.74. The Morgan fingerprint density at radius 1 is 1.39 bits per heavy atom. The molecular weight excluding hydrogens is 416 g/mol. The third kappa shape index (κ3) is 4.85. The first-order chi connectivity index (χ1) is 13.5. The van der Waals surface area contributed by atoms with E-state index in [9.17, 15) is 4.79 Å². The number of carbonyl (C=O) groups excluding carboxylic acids is 1. The molecule has 6 nitrogen and oxygen atoms in total. The Balaban J connectivity index is 1.59. The molecule has 2 aromatic heterocycles. The number of aromatic nitrogens is 2. The molecule has 2 heterocycles. The molecule has 0 aromatic carbocycles. The summed E-state index contributed by atoms with van der Waals surface area (Å²) in [4.78, 5) is 13.6. The lowest BCUT2D eigenvalue weighted by molar-refractivity contribution is 0.0601. The molecule has 152 valence electrons. The molecule has 0 saturated carbocycles. The number of aryl methyl sites for hydroxylation is 2. The number of thiocarbonyl (C=S) groups is 1. The minimum atomic E-state index is -0.296. The van der Waals surface area contributed by atoms with Gasteiger partial charge in [0.25, 0.3) is 0 Å². The summed E-state index contributed by atoms with van der Waals surface area (Å²) in [7, 11) is 1.42. The van der Waals surface area contributed by atoms with E-state index in [1.54, 1.807) is 17.5 Å². The number of hydrogen-bond donors (Lipinski definition) is 2. The second-order valence-electron chi connectivity index (χ2n) is 6.80. The van der Waals surface area contributed by atoms with Crippen LogP contribution in [0.1, 0.15) is 52.2 Å². The van der Waals surface area contributed by atoms with Gasteiger partial charge in [0.15, 0.2) is 5.11 Å². The number of hydrogen-bond acceptors (Lipinski definition) is 5. The maximum atomic E-state index is 12.4. The van der Waals surface area contributed by atoms with Crippen LogP contribution in [0.3, 0.4) is 0 Å². The molecule has 0 unspecified atom stereocenters. The SMILES string of the molecule is COC(=O)c1c(NC(=S)NCCCn2ncc(Cl)c2C)sc2c1CCCCC2. The van der Waals surface area contributed by atoms with E-state index in [0.29, 0.717) is 22.2 Å². The maximum Gasteiger partial charge on any atom is 0.341 e. The van der Waals surface area contributed by atoms with Gasteiger partial charge in [0.1, 0.15) is 5.00 Å². The highest BCUT2D eigenvalue weighted by Crippen LogP contribution is 2.37. The predicted molar refractivity (Wildman–Crippen MR) is 118 cm³/mol. The number of nitrogens with one attached hydrogen (secondary N) is 2. The van der Waals surface area contributed by atoms with Crippen molar-refractivity contribution in [3.63, 3.8) is 0 Å². The van der Waals surface area contributed by atoms with Crippen molar-refractivity contribution in [1.82, 2.24) is 15.1 Å². The Morgan fingerprint density at radius 3 is 2.89 bits per heavy atom. The number of fused-ring (bicyclic) bond motifs is 1. The van der Waals surface area contributed by atoms with Gasteiger partial charge in [-0.25, -0.2) is 4.79 Å². The van der Waals surface area contributed by atoms with Crippen LogP contribution < -0.4 is 10.6 Å². The van der Waals surface area contributed by atoms with E-state index in [1.807, 2.05) is 11.6 Å². The molecule has 3 rings (SSSR count). The molecule has 1 aliphatic rings. The van der Waals surface area contributed by atoms with Gasteiger partial charge in [-0.15, -0.1) is 11.3 Å². The number of thiophene rings is 1. The second kappa shape index (κ2) is 9.71. The first-order valence-corrected chi connectivity index (χ1v) is 11.1. The quantitative estimate of drug-likeness (QED) is 0.301. The lowest BCUT2D eigenvalue weighted by Gasteiger charge is -2.11. The molecule has 1 aliphatic carbocycles. The first kappa shape index (κ1) is 21.1. The van der Waals surface area contributed by atoms with Crippen LogP contribution in [-0.2, 0) is 24.1 Å². The molecular formula is C19H25ClN4O2S2. The number of nitrogens with zero attached hydrogens (tertiary/aromatic N) is 2. The van der Waals surface area contributed by atoms with Crippen molar-refractivity contribution in [2.75, 3.05) is 19.0 Å². The Kier molecular flexibility index (Phi) is 7.31. The highest BCUT2D eigenvalue weighted by atomic mass is 35.5. The number of ether oxygens (including phenoxy) is 1. The third-order valence-electron chi connectivity index (χ3n) is 4.91. The van der Waals surface area contributed by atoms with Crippen LogP contribution in [-0.4, -0.2) is 34.5 Å². The fourth-order valence-electron chi connectivity index (χ4n) is 3.38. The van der Waals surface area contributed by atoms with E-state index in [-0.39, 0.29) is 5.97 Å². The molecule has 0 aliphatic heterocycles. The number of methoxy groups -OCH3 is 1. The monoisotopic (exact) mass is 440 g/mol. The Labute approximate surface area is 179 Å². The van der Waals surface area contributed by atoms with Crippen molar-refractivity contribution < 1.29 is 9.53 Å². The Morgan fingerprint density at radius 2 is 2.18 bits per heavy atom. The van der Waals surface area contributed by atoms with Crippen molar-refractivity contribution >= 4 is 51.2 Å². The van der Waals surface area contributed by atoms with E-state index in [1.165, 1.54) is 18.4 Å². The standard InChI is InChI=1S/C19H25ClN4O2S2/c1-12-14(20)11-22-24(12)10-6-9-21-19(27)23-17-16(18(25)26-2)13-7-4-3-5-8-15(13)28-17/h11H,3-10H2,1-2H3,(H2,21,23,27). The summed E-state index contributed by atoms with van der Waals surface area (Å²) in [5, 5.41) is 12.6. The van der Waals surface area contributed by atoms with Crippen molar-refractivity contribution in [2.45, 2.75) is 52.0 Å². The summed E-state index contributed by atoms with van der Waals surface area (Å²) in [5.74, 6) is -0.296. The predicted octanol–water partition coefficient (Wildman–Crippen LogP) is 4.34. The fourth-order valence-corrected chi connectivity index (χ4v) is 5.07. The zero-order chi connectivity index (χ0) is 20.1. The van der Waals surface area contributed by atoms with Gasteiger partial charge in [-0.05, 0) is 56.8 Å². The van der Waals surface area contributed by atoms with Crippen LogP contribution in [0.15, 0.2) is 6.20 Å². The van der Waals surface area contributed by atoms with Gasteiger partial charge in [-0.3, -0.25) is 4.68 Å². The van der Waals surface area contributed by atoms with Crippen LogP contribution >= 0.6 is 35.2 Å². The number of carbonyl (C=O) groups is 1. The number of esters is 1. The molecule has 0 amide bonds. The van der Waals surface area contributed by atoms with E-state index < -0.39 is 0 Å². The Hall–Kier alpha value is -1.64. The fraction of sp³-hybridized carbons (Fsp3) is 0.526. The smallest absolute Gasteiger partial charge is 0.341 e. The van der Waals surface area contributed by atoms with Gasteiger partial charge in [0.2, 0.25) is 0 Å². The number of anilines is 1. The molecule has 28 heavy (non-hydrogen) atoms. The molecule has 0 atom stereocenters. The van der Waals surface area contributed by atoms with Crippen molar-refractivity contribution in [2.24, 2.45) is 0 Å². The molecule has 0 spiro atoms. The molecule has 0 saturated heterocycles. The topological polar surface area (TPSA) is 68.2 Å². The lowest BCUT2D eigenvalue weighted by Crippen LogP contribution is -2.30. The van der Waals surface area contributed by atoms with E-state index in [2.05, 4.69) is 15.7 Å². The summed E-state index contributed by atoms with van der Waals surface area (Å²) in [6, 6.07) is 0. The second-order valence-corrected chi connectivity index (χ2v) is 8.72. The maximum absolute atomic E-state index is 12.4. The van der Waals surface area contributed by atoms with Gasteiger partial charge < -0.3 is 15.4 Å². The van der Waals surface area contributed by atoms with Crippen LogP contribution in [0, 0.1) is 6.92 Å². The first-order valence-electron chi connectivity index (χ1n) is 9.47. The van der Waals surface area contributed by atoms with Gasteiger partial charge >= 0.3 is 5.97 Å². The summed E-state index contributed by atoms with van der Waals surface area (Å²) >= 11 is 13.1. The normalized spacial score (nSPS) is 13.5. The highest BCUT2D eigenvalue weighted by molar-refractivity contribution is 7.80. The Bertz CT molecular complexity index is 862. The highest BCUT2D eigenvalue weighted by Gasteiger charge is 2.25. The lowest BCUT2D eigenvalue weighted by atomic mass is 10.1. The molecule has 0 bridgehead atoms. The van der Waals surface area contributed by atoms with Crippen molar-refractivity contribution in [3.05, 3.63) is 32.9 Å². The van der Waals surface area contributed by atoms with Gasteiger partial charge in [0.05, 0.1) is 29.6 Å².